The molecule has 2 radical (unpaired) electrons. The van der Waals surface area contributed by atoms with E-state index in [1.54, 1.807) is 0 Å². The van der Waals surface area contributed by atoms with Crippen LogP contribution in [0.5, 0.6) is 5.75 Å². The van der Waals surface area contributed by atoms with Gasteiger partial charge in [-0.15, -0.1) is 0 Å². The molecular formula is C12H11NNa2O8S2. The predicted molar refractivity (Wildman–Crippen MR) is 91.1 cm³/mol. The Kier molecular flexibility index (Phi) is 8.58. The standard InChI is InChI=1S/C12H11NO8S2.2Na/c1-6(14)13-9-2-3-11(23(19,20)21)8-4-7(22(16,17)18)5-10(15)12(8)9;;/h2-5,15H,1H3,(H,13,14)(H,16,17,18)(H,19,20,21);;. The molecule has 25 heavy (non-hydrogen) atoms. The van der Waals surface area contributed by atoms with E-state index in [0.29, 0.717) is 6.07 Å². The topological polar surface area (TPSA) is 158 Å². The number of carbonyl (C=O) groups is 1. The average Bonchev–Trinajstić information content (AvgIpc) is 2.34. The van der Waals surface area contributed by atoms with E-state index >= 15 is 0 Å². The first kappa shape index (κ1) is 24.8. The minimum Gasteiger partial charge on any atom is -0.507 e. The summed E-state index contributed by atoms with van der Waals surface area (Å²) in [4.78, 5) is 9.72. The van der Waals surface area contributed by atoms with E-state index in [9.17, 15) is 31.3 Å². The molecule has 126 valence electrons. The Morgan fingerprint density at radius 3 is 2.00 bits per heavy atom. The van der Waals surface area contributed by atoms with Gasteiger partial charge in [-0.1, -0.05) is 0 Å². The van der Waals surface area contributed by atoms with Crippen LogP contribution in [0.25, 0.3) is 10.8 Å². The van der Waals surface area contributed by atoms with E-state index < -0.39 is 41.7 Å². The van der Waals surface area contributed by atoms with Gasteiger partial charge in [0.05, 0.1) is 10.6 Å². The molecular weight excluding hydrogens is 396 g/mol. The van der Waals surface area contributed by atoms with Crippen molar-refractivity contribution in [2.24, 2.45) is 0 Å². The molecule has 9 nitrogen and oxygen atoms in total. The zero-order valence-electron chi connectivity index (χ0n) is 13.5. The van der Waals surface area contributed by atoms with Crippen LogP contribution in [-0.2, 0) is 25.0 Å². The first-order chi connectivity index (χ1) is 10.4. The van der Waals surface area contributed by atoms with Crippen LogP contribution >= 0.6 is 0 Å². The molecule has 2 rings (SSSR count). The van der Waals surface area contributed by atoms with Gasteiger partial charge in [-0.05, 0) is 18.2 Å². The molecule has 0 saturated carbocycles. The number of anilines is 1. The number of rotatable bonds is 3. The molecule has 0 aliphatic heterocycles. The van der Waals surface area contributed by atoms with E-state index in [0.717, 1.165) is 18.2 Å². The van der Waals surface area contributed by atoms with Gasteiger partial charge >= 0.3 is 0 Å². The third-order valence-electron chi connectivity index (χ3n) is 2.91. The molecule has 0 aromatic heterocycles. The first-order valence-electron chi connectivity index (χ1n) is 5.93. The monoisotopic (exact) mass is 407 g/mol. The summed E-state index contributed by atoms with van der Waals surface area (Å²) >= 11 is 0. The fraction of sp³-hybridized carbons (Fsp3) is 0.0833. The fourth-order valence-corrected chi connectivity index (χ4v) is 3.28. The van der Waals surface area contributed by atoms with Gasteiger partial charge in [0.1, 0.15) is 10.6 Å². The number of hydrogen-bond acceptors (Lipinski definition) is 6. The van der Waals surface area contributed by atoms with E-state index in [1.807, 2.05) is 0 Å². The zero-order valence-corrected chi connectivity index (χ0v) is 19.1. The first-order valence-corrected chi connectivity index (χ1v) is 8.81. The van der Waals surface area contributed by atoms with Crippen molar-refractivity contribution >= 4 is 102 Å². The van der Waals surface area contributed by atoms with Gasteiger partial charge in [0.15, 0.2) is 0 Å². The van der Waals surface area contributed by atoms with Gasteiger partial charge in [0.25, 0.3) is 20.2 Å². The van der Waals surface area contributed by atoms with Crippen molar-refractivity contribution in [2.45, 2.75) is 16.7 Å². The second-order valence-corrected chi connectivity index (χ2v) is 7.42. The second-order valence-electron chi connectivity index (χ2n) is 4.61. The maximum Gasteiger partial charge on any atom is 0.295 e. The maximum atomic E-state index is 11.4. The van der Waals surface area contributed by atoms with E-state index in [-0.39, 0.29) is 75.6 Å². The molecule has 2 aromatic rings. The third kappa shape index (κ3) is 5.63. The quantitative estimate of drug-likeness (QED) is 0.416. The summed E-state index contributed by atoms with van der Waals surface area (Å²) in [5.74, 6) is -1.23. The molecule has 2 aromatic carbocycles. The number of phenols is 1. The van der Waals surface area contributed by atoms with Crippen molar-refractivity contribution in [2.75, 3.05) is 5.32 Å². The molecule has 0 bridgehead atoms. The van der Waals surface area contributed by atoms with Gasteiger partial charge in [-0.3, -0.25) is 13.9 Å². The normalized spacial score (nSPS) is 11.3. The van der Waals surface area contributed by atoms with E-state index in [2.05, 4.69) is 5.32 Å². The summed E-state index contributed by atoms with van der Waals surface area (Å²) in [6, 6.07) is 3.51. The number of aromatic hydroxyl groups is 1. The molecule has 0 aliphatic carbocycles. The predicted octanol–water partition coefficient (Wildman–Crippen LogP) is 0.236. The fourth-order valence-electron chi connectivity index (χ4n) is 2.08. The number of benzene rings is 2. The maximum absolute atomic E-state index is 11.4. The molecule has 0 unspecified atom stereocenters. The number of carbonyl (C=O) groups excluding carboxylic acids is 1. The number of hydrogen-bond donors (Lipinski definition) is 4. The Balaban J connectivity index is 0.00000288. The molecule has 0 aliphatic rings. The molecule has 0 spiro atoms. The van der Waals surface area contributed by atoms with Crippen LogP contribution in [-0.4, -0.2) is 96.1 Å². The van der Waals surface area contributed by atoms with Crippen molar-refractivity contribution in [1.29, 1.82) is 0 Å². The number of amides is 1. The van der Waals surface area contributed by atoms with Crippen molar-refractivity contribution in [3.8, 4) is 5.75 Å². The van der Waals surface area contributed by atoms with Crippen molar-refractivity contribution < 1.29 is 35.8 Å². The minimum atomic E-state index is -4.75. The van der Waals surface area contributed by atoms with E-state index in [1.165, 1.54) is 6.92 Å². The zero-order chi connectivity index (χ0) is 17.6. The SMILES string of the molecule is CC(=O)Nc1ccc(S(=O)(=O)O)c2cc(S(=O)(=O)O)cc(O)c12.[Na].[Na]. The van der Waals surface area contributed by atoms with Crippen LogP contribution in [0.4, 0.5) is 5.69 Å². The number of phenolic OH excluding ortho intramolecular Hbond substituents is 1. The van der Waals surface area contributed by atoms with Gasteiger partial charge < -0.3 is 10.4 Å². The van der Waals surface area contributed by atoms with Crippen LogP contribution < -0.4 is 5.32 Å². The van der Waals surface area contributed by atoms with Crippen molar-refractivity contribution in [3.63, 3.8) is 0 Å². The molecule has 0 atom stereocenters. The van der Waals surface area contributed by atoms with Gasteiger partial charge in [0, 0.05) is 82.9 Å². The van der Waals surface area contributed by atoms with Crippen molar-refractivity contribution in [3.05, 3.63) is 24.3 Å². The van der Waals surface area contributed by atoms with Crippen LogP contribution in [0, 0.1) is 0 Å². The second kappa shape index (κ2) is 8.65. The summed E-state index contributed by atoms with van der Waals surface area (Å²) in [5.41, 5.74) is -0.000659. The minimum absolute atomic E-state index is 0. The summed E-state index contributed by atoms with van der Waals surface area (Å²) in [5, 5.41) is 11.7. The Labute approximate surface area is 187 Å². The van der Waals surface area contributed by atoms with Crippen LogP contribution in [0.2, 0.25) is 0 Å². The van der Waals surface area contributed by atoms with Crippen LogP contribution in [0.3, 0.4) is 0 Å². The van der Waals surface area contributed by atoms with Crippen molar-refractivity contribution in [1.82, 2.24) is 0 Å². The Morgan fingerprint density at radius 1 is 1.00 bits per heavy atom. The number of fused-ring (bicyclic) bond motifs is 1. The molecule has 0 saturated heterocycles. The van der Waals surface area contributed by atoms with Gasteiger partial charge in [-0.25, -0.2) is 0 Å². The summed E-state index contributed by atoms with van der Waals surface area (Å²) in [7, 11) is -9.49. The van der Waals surface area contributed by atoms with Gasteiger partial charge in [-0.2, -0.15) is 16.8 Å². The van der Waals surface area contributed by atoms with Crippen LogP contribution in [0.1, 0.15) is 6.92 Å². The summed E-state index contributed by atoms with van der Waals surface area (Å²) in [6.07, 6.45) is 0. The largest absolute Gasteiger partial charge is 0.507 e. The molecule has 13 heteroatoms. The smallest absolute Gasteiger partial charge is 0.295 e. The van der Waals surface area contributed by atoms with Crippen LogP contribution in [0.15, 0.2) is 34.1 Å². The molecule has 0 heterocycles. The number of nitrogens with one attached hydrogen (secondary N) is 1. The third-order valence-corrected chi connectivity index (χ3v) is 4.66. The Hall–Kier alpha value is -0.210. The average molecular weight is 407 g/mol. The molecule has 4 N–H and O–H groups in total. The summed E-state index contributed by atoms with van der Waals surface area (Å²) in [6.45, 7) is 1.17. The Morgan fingerprint density at radius 2 is 1.56 bits per heavy atom. The van der Waals surface area contributed by atoms with Gasteiger partial charge in [0.2, 0.25) is 5.91 Å². The molecule has 0 fully saturated rings. The summed E-state index contributed by atoms with van der Waals surface area (Å²) < 4.78 is 63.6. The Bertz CT molecular complexity index is 1030. The van der Waals surface area contributed by atoms with E-state index in [4.69, 9.17) is 4.55 Å². The molecule has 1 amide bonds.